The lowest BCUT2D eigenvalue weighted by molar-refractivity contribution is 0.880. The molecule has 0 saturated carbocycles. The van der Waals surface area contributed by atoms with Crippen molar-refractivity contribution in [1.29, 1.82) is 0 Å². The normalized spacial score (nSPS) is 11.0. The monoisotopic (exact) mass is 218 g/mol. The highest BCUT2D eigenvalue weighted by Crippen LogP contribution is 2.09. The van der Waals surface area contributed by atoms with Crippen LogP contribution in [0.1, 0.15) is 5.56 Å². The van der Waals surface area contributed by atoms with Crippen LogP contribution in [-0.4, -0.2) is 15.7 Å². The van der Waals surface area contributed by atoms with E-state index in [1.807, 2.05) is 53.4 Å². The smallest absolute Gasteiger partial charge is 0.0645 e. The summed E-state index contributed by atoms with van der Waals surface area (Å²) in [5, 5.41) is 4.16. The molecule has 0 aliphatic rings. The second-order valence-electron chi connectivity index (χ2n) is 3.10. The summed E-state index contributed by atoms with van der Waals surface area (Å²) in [5.41, 5.74) is 2.20. The number of aromatic nitrogens is 2. The van der Waals surface area contributed by atoms with Crippen molar-refractivity contribution in [1.82, 2.24) is 9.78 Å². The lowest BCUT2D eigenvalue weighted by atomic mass is 10.2. The number of halogens is 1. The van der Waals surface area contributed by atoms with Crippen molar-refractivity contribution in [2.75, 3.05) is 5.88 Å². The number of allylic oxidation sites excluding steroid dienone is 1. The first-order valence-corrected chi connectivity index (χ1v) is 5.26. The van der Waals surface area contributed by atoms with Gasteiger partial charge in [-0.05, 0) is 23.8 Å². The molecular weight excluding hydrogens is 208 g/mol. The van der Waals surface area contributed by atoms with Gasteiger partial charge in [0.2, 0.25) is 0 Å². The molecule has 1 aromatic carbocycles. The molecule has 0 fully saturated rings. The summed E-state index contributed by atoms with van der Waals surface area (Å²) >= 11 is 5.56. The van der Waals surface area contributed by atoms with E-state index in [9.17, 15) is 0 Å². The van der Waals surface area contributed by atoms with Gasteiger partial charge in [-0.2, -0.15) is 5.10 Å². The van der Waals surface area contributed by atoms with Crippen molar-refractivity contribution in [3.05, 3.63) is 54.4 Å². The van der Waals surface area contributed by atoms with Crippen LogP contribution in [0.15, 0.2) is 48.8 Å². The quantitative estimate of drug-likeness (QED) is 0.724. The maximum Gasteiger partial charge on any atom is 0.0645 e. The average molecular weight is 219 g/mol. The van der Waals surface area contributed by atoms with Crippen LogP contribution in [0.4, 0.5) is 0 Å². The fourth-order valence-corrected chi connectivity index (χ4v) is 1.43. The summed E-state index contributed by atoms with van der Waals surface area (Å²) in [6.07, 6.45) is 7.61. The van der Waals surface area contributed by atoms with Gasteiger partial charge in [-0.1, -0.05) is 24.3 Å². The van der Waals surface area contributed by atoms with Crippen molar-refractivity contribution >= 4 is 17.7 Å². The van der Waals surface area contributed by atoms with E-state index >= 15 is 0 Å². The Kier molecular flexibility index (Phi) is 3.20. The van der Waals surface area contributed by atoms with E-state index < -0.39 is 0 Å². The van der Waals surface area contributed by atoms with Crippen LogP contribution < -0.4 is 0 Å². The van der Waals surface area contributed by atoms with Crippen LogP contribution in [0.25, 0.3) is 11.8 Å². The molecule has 76 valence electrons. The zero-order valence-electron chi connectivity index (χ0n) is 8.18. The molecule has 1 aromatic heterocycles. The van der Waals surface area contributed by atoms with Gasteiger partial charge < -0.3 is 0 Å². The van der Waals surface area contributed by atoms with Gasteiger partial charge in [0.1, 0.15) is 0 Å². The predicted octanol–water partition coefficient (Wildman–Crippen LogP) is 3.12. The van der Waals surface area contributed by atoms with Gasteiger partial charge in [0.25, 0.3) is 0 Å². The van der Waals surface area contributed by atoms with E-state index in [4.69, 9.17) is 11.6 Å². The molecule has 2 aromatic rings. The van der Waals surface area contributed by atoms with E-state index in [1.165, 1.54) is 0 Å². The summed E-state index contributed by atoms with van der Waals surface area (Å²) in [5.74, 6) is 0.543. The number of hydrogen-bond donors (Lipinski definition) is 0. The van der Waals surface area contributed by atoms with E-state index in [0.29, 0.717) is 5.88 Å². The molecule has 0 aliphatic carbocycles. The third kappa shape index (κ3) is 2.48. The topological polar surface area (TPSA) is 17.8 Å². The number of nitrogens with zero attached hydrogens (tertiary/aromatic N) is 2. The average Bonchev–Trinajstić information content (AvgIpc) is 2.80. The molecule has 0 aliphatic heterocycles. The van der Waals surface area contributed by atoms with Crippen LogP contribution in [-0.2, 0) is 0 Å². The molecule has 0 saturated heterocycles. The third-order valence-corrected chi connectivity index (χ3v) is 2.24. The standard InChI is InChI=1S/C12H11ClN2/c13-8-1-3-11-4-6-12(7-5-11)15-10-2-9-14-15/h1-7,9-10H,8H2. The lowest BCUT2D eigenvalue weighted by Crippen LogP contribution is -1.93. The lowest BCUT2D eigenvalue weighted by Gasteiger charge is -2.00. The largest absolute Gasteiger partial charge is 0.241 e. The minimum Gasteiger partial charge on any atom is -0.241 e. The Morgan fingerprint density at radius 3 is 2.67 bits per heavy atom. The minimum atomic E-state index is 0.543. The van der Waals surface area contributed by atoms with Crippen molar-refractivity contribution in [2.45, 2.75) is 0 Å². The Morgan fingerprint density at radius 1 is 1.27 bits per heavy atom. The Labute approximate surface area is 93.8 Å². The third-order valence-electron chi connectivity index (χ3n) is 2.06. The zero-order chi connectivity index (χ0) is 10.5. The van der Waals surface area contributed by atoms with Gasteiger partial charge in [-0.25, -0.2) is 4.68 Å². The molecular formula is C12H11ClN2. The highest BCUT2D eigenvalue weighted by atomic mass is 35.5. The van der Waals surface area contributed by atoms with Crippen molar-refractivity contribution < 1.29 is 0 Å². The highest BCUT2D eigenvalue weighted by molar-refractivity contribution is 6.19. The molecule has 0 radical (unpaired) electrons. The predicted molar refractivity (Wildman–Crippen MR) is 63.3 cm³/mol. The first-order chi connectivity index (χ1) is 7.40. The van der Waals surface area contributed by atoms with Gasteiger partial charge in [-0.3, -0.25) is 0 Å². The van der Waals surface area contributed by atoms with Gasteiger partial charge in [-0.15, -0.1) is 11.6 Å². The summed E-state index contributed by atoms with van der Waals surface area (Å²) in [6.45, 7) is 0. The van der Waals surface area contributed by atoms with Crippen LogP contribution in [0.3, 0.4) is 0 Å². The first-order valence-electron chi connectivity index (χ1n) is 4.73. The van der Waals surface area contributed by atoms with Gasteiger partial charge >= 0.3 is 0 Å². The summed E-state index contributed by atoms with van der Waals surface area (Å²) in [6, 6.07) is 10.0. The molecule has 3 heteroatoms. The molecule has 2 nitrogen and oxygen atoms in total. The molecule has 0 atom stereocenters. The van der Waals surface area contributed by atoms with E-state index in [1.54, 1.807) is 6.20 Å². The second-order valence-corrected chi connectivity index (χ2v) is 3.41. The van der Waals surface area contributed by atoms with Crippen LogP contribution in [0.5, 0.6) is 0 Å². The van der Waals surface area contributed by atoms with E-state index in [2.05, 4.69) is 5.10 Å². The maximum absolute atomic E-state index is 5.56. The Morgan fingerprint density at radius 2 is 2.07 bits per heavy atom. The summed E-state index contributed by atoms with van der Waals surface area (Å²) in [7, 11) is 0. The molecule has 1 heterocycles. The summed E-state index contributed by atoms with van der Waals surface area (Å²) < 4.78 is 1.83. The number of alkyl halides is 1. The maximum atomic E-state index is 5.56. The number of hydrogen-bond acceptors (Lipinski definition) is 1. The number of benzene rings is 1. The highest BCUT2D eigenvalue weighted by Gasteiger charge is 1.94. The SMILES string of the molecule is ClCC=Cc1ccc(-n2cccn2)cc1. The Balaban J connectivity index is 2.21. The summed E-state index contributed by atoms with van der Waals surface area (Å²) in [4.78, 5) is 0. The second kappa shape index (κ2) is 4.80. The van der Waals surface area contributed by atoms with Crippen LogP contribution in [0.2, 0.25) is 0 Å². The van der Waals surface area contributed by atoms with Gasteiger partial charge in [0.15, 0.2) is 0 Å². The van der Waals surface area contributed by atoms with E-state index in [0.717, 1.165) is 11.3 Å². The van der Waals surface area contributed by atoms with Crippen LogP contribution >= 0.6 is 11.6 Å². The Bertz CT molecular complexity index is 429. The zero-order valence-corrected chi connectivity index (χ0v) is 8.93. The van der Waals surface area contributed by atoms with Crippen molar-refractivity contribution in [3.63, 3.8) is 0 Å². The molecule has 0 N–H and O–H groups in total. The van der Waals surface area contributed by atoms with Crippen LogP contribution in [0, 0.1) is 0 Å². The molecule has 15 heavy (non-hydrogen) atoms. The number of rotatable bonds is 3. The molecule has 0 unspecified atom stereocenters. The minimum absolute atomic E-state index is 0.543. The molecule has 0 bridgehead atoms. The molecule has 2 rings (SSSR count). The fourth-order valence-electron chi connectivity index (χ4n) is 1.34. The van der Waals surface area contributed by atoms with Crippen molar-refractivity contribution in [3.8, 4) is 5.69 Å². The fraction of sp³-hybridized carbons (Fsp3) is 0.0833. The Hall–Kier alpha value is -1.54. The van der Waals surface area contributed by atoms with Crippen molar-refractivity contribution in [2.24, 2.45) is 0 Å². The molecule has 0 spiro atoms. The van der Waals surface area contributed by atoms with E-state index in [-0.39, 0.29) is 0 Å². The van der Waals surface area contributed by atoms with Gasteiger partial charge in [0.05, 0.1) is 5.69 Å². The van der Waals surface area contributed by atoms with Gasteiger partial charge in [0, 0.05) is 18.3 Å². The first kappa shape index (κ1) is 9.99. The molecule has 0 amide bonds.